The Hall–Kier alpha value is -1.07. The van der Waals surface area contributed by atoms with Crippen molar-refractivity contribution in [3.05, 3.63) is 22.2 Å². The van der Waals surface area contributed by atoms with E-state index in [2.05, 4.69) is 21.2 Å². The second kappa shape index (κ2) is 6.02. The van der Waals surface area contributed by atoms with Gasteiger partial charge in [-0.1, -0.05) is 22.9 Å². The maximum Gasteiger partial charge on any atom is 0.241 e. The first kappa shape index (κ1) is 14.0. The maximum absolute atomic E-state index is 11.7. The van der Waals surface area contributed by atoms with E-state index in [-0.39, 0.29) is 5.91 Å². The second-order valence-electron chi connectivity index (χ2n) is 3.80. The summed E-state index contributed by atoms with van der Waals surface area (Å²) in [6.45, 7) is 3.77. The van der Waals surface area contributed by atoms with Crippen molar-refractivity contribution in [3.63, 3.8) is 0 Å². The van der Waals surface area contributed by atoms with Gasteiger partial charge in [0.2, 0.25) is 5.91 Å². The number of carbonyl (C=O) groups excluding carboxylic acids is 1. The summed E-state index contributed by atoms with van der Waals surface area (Å²) in [6.07, 6.45) is 0.601. The molecule has 1 rings (SSSR count). The van der Waals surface area contributed by atoms with Crippen molar-refractivity contribution in [2.75, 3.05) is 12.4 Å². The van der Waals surface area contributed by atoms with Crippen molar-refractivity contribution in [2.45, 2.75) is 26.3 Å². The first-order valence-corrected chi connectivity index (χ1v) is 6.19. The van der Waals surface area contributed by atoms with Crippen molar-refractivity contribution < 1.29 is 9.53 Å². The third-order valence-corrected chi connectivity index (χ3v) is 2.97. The fourth-order valence-electron chi connectivity index (χ4n) is 1.43. The smallest absolute Gasteiger partial charge is 0.241 e. The number of ether oxygens (including phenoxy) is 1. The van der Waals surface area contributed by atoms with Crippen LogP contribution in [0.2, 0.25) is 0 Å². The Balaban J connectivity index is 3.01. The van der Waals surface area contributed by atoms with Crippen LogP contribution in [0.1, 0.15) is 18.9 Å². The van der Waals surface area contributed by atoms with Gasteiger partial charge in [-0.15, -0.1) is 0 Å². The molecule has 0 aromatic heterocycles. The lowest BCUT2D eigenvalue weighted by atomic mass is 10.1. The van der Waals surface area contributed by atoms with Crippen molar-refractivity contribution >= 4 is 27.5 Å². The number of benzene rings is 1. The van der Waals surface area contributed by atoms with E-state index < -0.39 is 6.04 Å². The van der Waals surface area contributed by atoms with E-state index in [4.69, 9.17) is 10.5 Å². The van der Waals surface area contributed by atoms with Crippen molar-refractivity contribution in [1.82, 2.24) is 0 Å². The minimum absolute atomic E-state index is 0.198. The molecule has 0 radical (unpaired) electrons. The van der Waals surface area contributed by atoms with E-state index in [1.807, 2.05) is 19.9 Å². The zero-order chi connectivity index (χ0) is 13.0. The average molecular weight is 301 g/mol. The monoisotopic (exact) mass is 300 g/mol. The number of nitrogens with one attached hydrogen (secondary N) is 1. The van der Waals surface area contributed by atoms with Crippen LogP contribution in [0.4, 0.5) is 5.69 Å². The minimum atomic E-state index is -0.497. The van der Waals surface area contributed by atoms with Crippen LogP contribution in [0.5, 0.6) is 5.75 Å². The highest BCUT2D eigenvalue weighted by Gasteiger charge is 2.15. The van der Waals surface area contributed by atoms with Crippen LogP contribution in [-0.4, -0.2) is 19.1 Å². The summed E-state index contributed by atoms with van der Waals surface area (Å²) in [5, 5.41) is 2.80. The van der Waals surface area contributed by atoms with Gasteiger partial charge in [-0.05, 0) is 31.0 Å². The molecule has 3 N–H and O–H groups in total. The lowest BCUT2D eigenvalue weighted by Gasteiger charge is -2.15. The number of halogens is 1. The van der Waals surface area contributed by atoms with E-state index in [9.17, 15) is 4.79 Å². The standard InChI is InChI=1S/C12H17BrN2O2/c1-4-9(14)12(16)15-11-7(2)5-8(13)6-10(11)17-3/h5-6,9H,4,14H2,1-3H3,(H,15,16)/t9-/m1/s1. The molecule has 0 saturated heterocycles. The van der Waals surface area contributed by atoms with Crippen molar-refractivity contribution in [3.8, 4) is 5.75 Å². The van der Waals surface area contributed by atoms with E-state index >= 15 is 0 Å². The molecule has 1 aromatic rings. The predicted molar refractivity (Wildman–Crippen MR) is 72.3 cm³/mol. The molecule has 0 aliphatic heterocycles. The van der Waals surface area contributed by atoms with Gasteiger partial charge in [0, 0.05) is 4.47 Å². The summed E-state index contributed by atoms with van der Waals surface area (Å²) < 4.78 is 6.14. The van der Waals surface area contributed by atoms with E-state index in [1.165, 1.54) is 0 Å². The maximum atomic E-state index is 11.7. The van der Waals surface area contributed by atoms with E-state index in [0.29, 0.717) is 17.9 Å². The number of rotatable bonds is 4. The van der Waals surface area contributed by atoms with Gasteiger partial charge in [-0.2, -0.15) is 0 Å². The topological polar surface area (TPSA) is 64.4 Å². The van der Waals surface area contributed by atoms with Crippen LogP contribution >= 0.6 is 15.9 Å². The van der Waals surface area contributed by atoms with Gasteiger partial charge in [0.15, 0.2) is 0 Å². The normalized spacial score (nSPS) is 12.1. The Kier molecular flexibility index (Phi) is 4.96. The van der Waals surface area contributed by atoms with Crippen LogP contribution in [0.25, 0.3) is 0 Å². The van der Waals surface area contributed by atoms with Gasteiger partial charge in [0.05, 0.1) is 18.8 Å². The number of methoxy groups -OCH3 is 1. The first-order valence-electron chi connectivity index (χ1n) is 5.40. The second-order valence-corrected chi connectivity index (χ2v) is 4.72. The molecule has 1 aromatic carbocycles. The molecule has 94 valence electrons. The van der Waals surface area contributed by atoms with Gasteiger partial charge in [-0.3, -0.25) is 4.79 Å². The van der Waals surface area contributed by atoms with Crippen LogP contribution in [0, 0.1) is 6.92 Å². The Morgan fingerprint density at radius 1 is 1.59 bits per heavy atom. The molecule has 17 heavy (non-hydrogen) atoms. The number of nitrogens with two attached hydrogens (primary N) is 1. The fraction of sp³-hybridized carbons (Fsp3) is 0.417. The van der Waals surface area contributed by atoms with Crippen LogP contribution in [-0.2, 0) is 4.79 Å². The quantitative estimate of drug-likeness (QED) is 0.898. The summed E-state index contributed by atoms with van der Waals surface area (Å²) in [5.74, 6) is 0.421. The van der Waals surface area contributed by atoms with E-state index in [0.717, 1.165) is 10.0 Å². The summed E-state index contributed by atoms with van der Waals surface area (Å²) in [4.78, 5) is 11.7. The molecule has 1 amide bonds. The Bertz CT molecular complexity index is 421. The molecular weight excluding hydrogens is 284 g/mol. The molecule has 0 spiro atoms. The highest BCUT2D eigenvalue weighted by molar-refractivity contribution is 9.10. The third kappa shape index (κ3) is 3.44. The van der Waals surface area contributed by atoms with E-state index in [1.54, 1.807) is 13.2 Å². The Morgan fingerprint density at radius 3 is 2.76 bits per heavy atom. The Morgan fingerprint density at radius 2 is 2.24 bits per heavy atom. The van der Waals surface area contributed by atoms with Gasteiger partial charge in [-0.25, -0.2) is 0 Å². The average Bonchev–Trinajstić information content (AvgIpc) is 2.30. The van der Waals surface area contributed by atoms with Gasteiger partial charge < -0.3 is 15.8 Å². The molecule has 0 aliphatic rings. The van der Waals surface area contributed by atoms with Crippen LogP contribution in [0.3, 0.4) is 0 Å². The molecule has 4 nitrogen and oxygen atoms in total. The number of aryl methyl sites for hydroxylation is 1. The van der Waals surface area contributed by atoms with Gasteiger partial charge in [0.1, 0.15) is 5.75 Å². The first-order chi connectivity index (χ1) is 7.99. The number of hydrogen-bond donors (Lipinski definition) is 2. The zero-order valence-electron chi connectivity index (χ0n) is 10.2. The molecular formula is C12H17BrN2O2. The summed E-state index contributed by atoms with van der Waals surface area (Å²) >= 11 is 3.38. The molecule has 0 aliphatic carbocycles. The molecule has 0 fully saturated rings. The summed E-state index contributed by atoms with van der Waals surface area (Å²) in [6, 6.07) is 3.22. The van der Waals surface area contributed by atoms with Crippen molar-refractivity contribution in [2.24, 2.45) is 5.73 Å². The minimum Gasteiger partial charge on any atom is -0.495 e. The number of carbonyl (C=O) groups is 1. The van der Waals surface area contributed by atoms with Crippen LogP contribution < -0.4 is 15.8 Å². The van der Waals surface area contributed by atoms with Gasteiger partial charge >= 0.3 is 0 Å². The number of amides is 1. The predicted octanol–water partition coefficient (Wildman–Crippen LogP) is 2.44. The zero-order valence-corrected chi connectivity index (χ0v) is 11.8. The molecule has 0 saturated carbocycles. The van der Waals surface area contributed by atoms with Crippen LogP contribution in [0.15, 0.2) is 16.6 Å². The highest BCUT2D eigenvalue weighted by Crippen LogP contribution is 2.32. The summed E-state index contributed by atoms with van der Waals surface area (Å²) in [7, 11) is 1.57. The molecule has 1 atom stereocenters. The molecule has 0 unspecified atom stereocenters. The Labute approximate surface area is 110 Å². The third-order valence-electron chi connectivity index (χ3n) is 2.51. The summed E-state index contributed by atoms with van der Waals surface area (Å²) in [5.41, 5.74) is 7.27. The number of hydrogen-bond acceptors (Lipinski definition) is 3. The molecule has 0 heterocycles. The number of anilines is 1. The molecule has 0 bridgehead atoms. The highest BCUT2D eigenvalue weighted by atomic mass is 79.9. The lowest BCUT2D eigenvalue weighted by Crippen LogP contribution is -2.35. The molecule has 5 heteroatoms. The lowest BCUT2D eigenvalue weighted by molar-refractivity contribution is -0.117. The van der Waals surface area contributed by atoms with Crippen molar-refractivity contribution in [1.29, 1.82) is 0 Å². The SMILES string of the molecule is CC[C@@H](N)C(=O)Nc1c(C)cc(Br)cc1OC. The fourth-order valence-corrected chi connectivity index (χ4v) is 1.99. The largest absolute Gasteiger partial charge is 0.495 e. The van der Waals surface area contributed by atoms with Gasteiger partial charge in [0.25, 0.3) is 0 Å².